The molecule has 1 saturated carbocycles. The number of hydrogen-bond acceptors (Lipinski definition) is 2. The molecule has 1 fully saturated rings. The van der Waals surface area contributed by atoms with Crippen LogP contribution in [0.25, 0.3) is 0 Å². The Bertz CT molecular complexity index is 297. The molecule has 0 spiro atoms. The molecule has 3 heteroatoms. The van der Waals surface area contributed by atoms with Crippen LogP contribution < -0.4 is 5.32 Å². The van der Waals surface area contributed by atoms with E-state index in [1.54, 1.807) is 0 Å². The highest BCUT2D eigenvalue weighted by Crippen LogP contribution is 2.25. The second kappa shape index (κ2) is 6.09. The van der Waals surface area contributed by atoms with E-state index in [1.807, 2.05) is 12.3 Å². The zero-order valence-corrected chi connectivity index (χ0v) is 10.0. The lowest BCUT2D eigenvalue weighted by Gasteiger charge is -2.25. The Morgan fingerprint density at radius 2 is 2.27 bits per heavy atom. The van der Waals surface area contributed by atoms with E-state index in [9.17, 15) is 0 Å². The second-order valence-electron chi connectivity index (χ2n) is 4.18. The number of aryl methyl sites for hydroxylation is 1. The number of nitrogens with one attached hydrogen (secondary N) is 1. The molecule has 1 aromatic rings. The number of aromatic nitrogens is 1. The first kappa shape index (κ1) is 12.5. The Morgan fingerprint density at radius 3 is 2.87 bits per heavy atom. The fraction of sp³-hybridized carbons (Fsp3) is 0.583. The van der Waals surface area contributed by atoms with Gasteiger partial charge in [-0.05, 0) is 43.9 Å². The largest absolute Gasteiger partial charge is 0.312 e. The van der Waals surface area contributed by atoms with Gasteiger partial charge in [-0.1, -0.05) is 12.5 Å². The summed E-state index contributed by atoms with van der Waals surface area (Å²) in [5, 5.41) is 3.50. The molecule has 84 valence electrons. The lowest BCUT2D eigenvalue weighted by atomic mass is 9.85. The van der Waals surface area contributed by atoms with Gasteiger partial charge in [-0.2, -0.15) is 0 Å². The van der Waals surface area contributed by atoms with Gasteiger partial charge in [0.15, 0.2) is 0 Å². The maximum atomic E-state index is 4.27. The van der Waals surface area contributed by atoms with Gasteiger partial charge < -0.3 is 5.32 Å². The maximum absolute atomic E-state index is 4.27. The van der Waals surface area contributed by atoms with Crippen molar-refractivity contribution < 1.29 is 0 Å². The summed E-state index contributed by atoms with van der Waals surface area (Å²) < 4.78 is 0. The van der Waals surface area contributed by atoms with Crippen LogP contribution in [0.5, 0.6) is 0 Å². The summed E-state index contributed by atoms with van der Waals surface area (Å²) in [6.45, 7) is 4.21. The van der Waals surface area contributed by atoms with Crippen molar-refractivity contribution in [1.82, 2.24) is 10.3 Å². The first-order valence-electron chi connectivity index (χ1n) is 5.47. The molecule has 0 radical (unpaired) electrons. The quantitative estimate of drug-likeness (QED) is 0.854. The van der Waals surface area contributed by atoms with E-state index in [2.05, 4.69) is 23.3 Å². The van der Waals surface area contributed by atoms with E-state index in [1.165, 1.54) is 31.4 Å². The molecule has 0 aliphatic heterocycles. The topological polar surface area (TPSA) is 24.9 Å². The van der Waals surface area contributed by atoms with Crippen molar-refractivity contribution in [1.29, 1.82) is 0 Å². The van der Waals surface area contributed by atoms with Crippen molar-refractivity contribution in [2.24, 2.45) is 5.92 Å². The minimum Gasteiger partial charge on any atom is -0.312 e. The third-order valence-electron chi connectivity index (χ3n) is 3.09. The third kappa shape index (κ3) is 3.47. The first-order chi connectivity index (χ1) is 6.86. The molecule has 2 nitrogen and oxygen atoms in total. The molecular weight excluding hydrogens is 208 g/mol. The Balaban J connectivity index is 0.00000112. The Kier molecular flexibility index (Phi) is 5.06. The fourth-order valence-electron chi connectivity index (χ4n) is 1.81. The Morgan fingerprint density at radius 1 is 1.47 bits per heavy atom. The number of halogens is 1. The van der Waals surface area contributed by atoms with Gasteiger partial charge in [-0.3, -0.25) is 4.98 Å². The molecular formula is C12H19ClN2. The van der Waals surface area contributed by atoms with Gasteiger partial charge in [0, 0.05) is 18.4 Å². The summed E-state index contributed by atoms with van der Waals surface area (Å²) >= 11 is 0. The Labute approximate surface area is 97.9 Å². The summed E-state index contributed by atoms with van der Waals surface area (Å²) in [6.07, 6.45) is 6.11. The van der Waals surface area contributed by atoms with Crippen molar-refractivity contribution in [3.63, 3.8) is 0 Å². The fourth-order valence-corrected chi connectivity index (χ4v) is 1.81. The normalized spacial score (nSPS) is 15.5. The molecule has 1 aliphatic rings. The maximum Gasteiger partial charge on any atom is 0.0417 e. The van der Waals surface area contributed by atoms with Crippen LogP contribution in [0.1, 0.15) is 30.5 Å². The molecule has 0 bridgehead atoms. The van der Waals surface area contributed by atoms with Gasteiger partial charge in [0.25, 0.3) is 0 Å². The zero-order chi connectivity index (χ0) is 9.80. The molecule has 0 saturated heterocycles. The molecule has 1 aliphatic carbocycles. The highest BCUT2D eigenvalue weighted by Gasteiger charge is 2.16. The van der Waals surface area contributed by atoms with Crippen LogP contribution >= 0.6 is 12.4 Å². The molecule has 15 heavy (non-hydrogen) atoms. The van der Waals surface area contributed by atoms with Gasteiger partial charge >= 0.3 is 0 Å². The van der Waals surface area contributed by atoms with Crippen molar-refractivity contribution in [3.05, 3.63) is 29.6 Å². The highest BCUT2D eigenvalue weighted by molar-refractivity contribution is 5.85. The van der Waals surface area contributed by atoms with Crippen molar-refractivity contribution in [2.45, 2.75) is 32.7 Å². The van der Waals surface area contributed by atoms with Gasteiger partial charge in [-0.25, -0.2) is 0 Å². The van der Waals surface area contributed by atoms with E-state index < -0.39 is 0 Å². The van der Waals surface area contributed by atoms with Gasteiger partial charge in [0.2, 0.25) is 0 Å². The van der Waals surface area contributed by atoms with Crippen LogP contribution in [-0.4, -0.2) is 11.5 Å². The van der Waals surface area contributed by atoms with Crippen LogP contribution in [0.15, 0.2) is 18.3 Å². The SMILES string of the molecule is Cc1ncccc1CNCC1CCC1.Cl. The number of pyridine rings is 1. The molecule has 2 rings (SSSR count). The molecule has 1 N–H and O–H groups in total. The van der Waals surface area contributed by atoms with E-state index >= 15 is 0 Å². The number of hydrogen-bond donors (Lipinski definition) is 1. The summed E-state index contributed by atoms with van der Waals surface area (Å²) in [4.78, 5) is 4.27. The van der Waals surface area contributed by atoms with Gasteiger partial charge in [-0.15, -0.1) is 12.4 Å². The van der Waals surface area contributed by atoms with Crippen molar-refractivity contribution in [3.8, 4) is 0 Å². The zero-order valence-electron chi connectivity index (χ0n) is 9.20. The van der Waals surface area contributed by atoms with Crippen LogP contribution in [-0.2, 0) is 6.54 Å². The predicted molar refractivity (Wildman–Crippen MR) is 65.3 cm³/mol. The monoisotopic (exact) mass is 226 g/mol. The van der Waals surface area contributed by atoms with Crippen molar-refractivity contribution in [2.75, 3.05) is 6.54 Å². The van der Waals surface area contributed by atoms with Gasteiger partial charge in [0.05, 0.1) is 0 Å². The lowest BCUT2D eigenvalue weighted by Crippen LogP contribution is -2.27. The summed E-state index contributed by atoms with van der Waals surface area (Å²) in [7, 11) is 0. The van der Waals surface area contributed by atoms with Crippen LogP contribution in [0.2, 0.25) is 0 Å². The number of nitrogens with zero attached hydrogens (tertiary/aromatic N) is 1. The number of rotatable bonds is 4. The molecule has 0 unspecified atom stereocenters. The second-order valence-corrected chi connectivity index (χ2v) is 4.18. The van der Waals surface area contributed by atoms with Crippen LogP contribution in [0, 0.1) is 12.8 Å². The molecule has 0 atom stereocenters. The first-order valence-corrected chi connectivity index (χ1v) is 5.47. The highest BCUT2D eigenvalue weighted by atomic mass is 35.5. The summed E-state index contributed by atoms with van der Waals surface area (Å²) in [6, 6.07) is 4.16. The molecule has 1 heterocycles. The molecule has 0 aromatic carbocycles. The van der Waals surface area contributed by atoms with E-state index in [4.69, 9.17) is 0 Å². The standard InChI is InChI=1S/C12H18N2.ClH/c1-10-12(6-3-7-14-10)9-13-8-11-4-2-5-11;/h3,6-7,11,13H,2,4-5,8-9H2,1H3;1H. The Hall–Kier alpha value is -0.600. The van der Waals surface area contributed by atoms with Crippen LogP contribution in [0.4, 0.5) is 0 Å². The minimum atomic E-state index is 0. The third-order valence-corrected chi connectivity index (χ3v) is 3.09. The molecule has 0 amide bonds. The minimum absolute atomic E-state index is 0. The predicted octanol–water partition coefficient (Wildman–Crippen LogP) is 2.70. The smallest absolute Gasteiger partial charge is 0.0417 e. The van der Waals surface area contributed by atoms with E-state index in [-0.39, 0.29) is 12.4 Å². The lowest BCUT2D eigenvalue weighted by molar-refractivity contribution is 0.301. The van der Waals surface area contributed by atoms with E-state index in [0.29, 0.717) is 0 Å². The van der Waals surface area contributed by atoms with Crippen LogP contribution in [0.3, 0.4) is 0 Å². The summed E-state index contributed by atoms with van der Waals surface area (Å²) in [5.41, 5.74) is 2.47. The average Bonchev–Trinajstić information content (AvgIpc) is 2.12. The summed E-state index contributed by atoms with van der Waals surface area (Å²) in [5.74, 6) is 0.937. The van der Waals surface area contributed by atoms with E-state index in [0.717, 1.165) is 18.2 Å². The molecule has 1 aromatic heterocycles. The van der Waals surface area contributed by atoms with Gasteiger partial charge in [0.1, 0.15) is 0 Å². The average molecular weight is 227 g/mol. The van der Waals surface area contributed by atoms with Crippen molar-refractivity contribution >= 4 is 12.4 Å².